The predicted octanol–water partition coefficient (Wildman–Crippen LogP) is 2.01. The van der Waals surface area contributed by atoms with Crippen molar-refractivity contribution in [1.29, 1.82) is 0 Å². The van der Waals surface area contributed by atoms with Crippen molar-refractivity contribution in [2.24, 2.45) is 5.92 Å². The maximum atomic E-state index is 12.5. The third-order valence-electron chi connectivity index (χ3n) is 3.54. The molecule has 4 nitrogen and oxygen atoms in total. The smallest absolute Gasteiger partial charge is 0.218 e. The summed E-state index contributed by atoms with van der Waals surface area (Å²) in [5.74, 6) is -1.06. The van der Waals surface area contributed by atoms with E-state index in [9.17, 15) is 9.59 Å². The summed E-state index contributed by atoms with van der Waals surface area (Å²) in [7, 11) is 2.81. The molecule has 0 bridgehead atoms. The van der Waals surface area contributed by atoms with Crippen LogP contribution in [0.25, 0.3) is 0 Å². The summed E-state index contributed by atoms with van der Waals surface area (Å²) >= 11 is 0. The van der Waals surface area contributed by atoms with Crippen molar-refractivity contribution in [3.8, 4) is 0 Å². The number of methoxy groups -OCH3 is 2. The molecule has 1 aliphatic rings. The molecule has 0 aliphatic heterocycles. The van der Waals surface area contributed by atoms with Gasteiger partial charge in [0.2, 0.25) is 6.29 Å². The van der Waals surface area contributed by atoms with Crippen LogP contribution >= 0.6 is 0 Å². The summed E-state index contributed by atoms with van der Waals surface area (Å²) in [6.45, 7) is 0. The van der Waals surface area contributed by atoms with E-state index in [1.807, 2.05) is 18.2 Å². The lowest BCUT2D eigenvalue weighted by atomic mass is 9.91. The molecule has 19 heavy (non-hydrogen) atoms. The summed E-state index contributed by atoms with van der Waals surface area (Å²) in [4.78, 5) is 24.7. The SMILES string of the molecule is COC(OC)C(=O)C1CCCc2ccccc2C1=O. The van der Waals surface area contributed by atoms with Crippen molar-refractivity contribution in [1.82, 2.24) is 0 Å². The zero-order valence-electron chi connectivity index (χ0n) is 11.2. The van der Waals surface area contributed by atoms with Crippen LogP contribution in [0.5, 0.6) is 0 Å². The lowest BCUT2D eigenvalue weighted by Gasteiger charge is -2.18. The van der Waals surface area contributed by atoms with Crippen LogP contribution in [-0.4, -0.2) is 32.1 Å². The number of benzene rings is 1. The standard InChI is InChI=1S/C15H18O4/c1-18-15(19-2)14(17)12-9-5-7-10-6-3-4-8-11(10)13(12)16/h3-4,6,8,12,15H,5,7,9H2,1-2H3. The Kier molecular flexibility index (Phi) is 4.45. The molecule has 1 aromatic carbocycles. The van der Waals surface area contributed by atoms with Gasteiger partial charge in [-0.05, 0) is 24.8 Å². The number of hydrogen-bond acceptors (Lipinski definition) is 4. The van der Waals surface area contributed by atoms with E-state index in [-0.39, 0.29) is 11.6 Å². The minimum absolute atomic E-state index is 0.114. The molecular weight excluding hydrogens is 244 g/mol. The van der Waals surface area contributed by atoms with Crippen molar-refractivity contribution in [3.05, 3.63) is 35.4 Å². The second kappa shape index (κ2) is 6.08. The van der Waals surface area contributed by atoms with E-state index in [0.29, 0.717) is 12.0 Å². The maximum Gasteiger partial charge on any atom is 0.218 e. The number of rotatable bonds is 4. The molecule has 1 unspecified atom stereocenters. The molecular formula is C15H18O4. The fourth-order valence-electron chi connectivity index (χ4n) is 2.56. The van der Waals surface area contributed by atoms with Gasteiger partial charge >= 0.3 is 0 Å². The molecule has 1 atom stereocenters. The van der Waals surface area contributed by atoms with Gasteiger partial charge in [0.05, 0.1) is 5.92 Å². The van der Waals surface area contributed by atoms with E-state index in [1.54, 1.807) is 6.07 Å². The number of aryl methyl sites for hydroxylation is 1. The zero-order valence-corrected chi connectivity index (χ0v) is 11.2. The molecule has 0 saturated carbocycles. The van der Waals surface area contributed by atoms with Crippen LogP contribution < -0.4 is 0 Å². The first kappa shape index (κ1) is 13.9. The third-order valence-corrected chi connectivity index (χ3v) is 3.54. The maximum absolute atomic E-state index is 12.5. The summed E-state index contributed by atoms with van der Waals surface area (Å²) in [5.41, 5.74) is 1.68. The highest BCUT2D eigenvalue weighted by atomic mass is 16.7. The Labute approximate surface area is 112 Å². The fourth-order valence-corrected chi connectivity index (χ4v) is 2.56. The Balaban J connectivity index is 2.29. The molecule has 4 heteroatoms. The van der Waals surface area contributed by atoms with Gasteiger partial charge in [0, 0.05) is 19.8 Å². The average molecular weight is 262 g/mol. The Bertz CT molecular complexity index is 477. The van der Waals surface area contributed by atoms with Crippen molar-refractivity contribution >= 4 is 11.6 Å². The van der Waals surface area contributed by atoms with Gasteiger partial charge in [-0.15, -0.1) is 0 Å². The van der Waals surface area contributed by atoms with E-state index < -0.39 is 12.2 Å². The minimum atomic E-state index is -0.959. The van der Waals surface area contributed by atoms with Gasteiger partial charge in [-0.1, -0.05) is 24.3 Å². The van der Waals surface area contributed by atoms with Crippen LogP contribution in [0, 0.1) is 5.92 Å². The molecule has 1 aliphatic carbocycles. The Hall–Kier alpha value is -1.52. The average Bonchev–Trinajstić information content (AvgIpc) is 2.60. The summed E-state index contributed by atoms with van der Waals surface area (Å²) in [5, 5.41) is 0. The lowest BCUT2D eigenvalue weighted by molar-refractivity contribution is -0.159. The van der Waals surface area contributed by atoms with Crippen LogP contribution in [-0.2, 0) is 20.7 Å². The number of carbonyl (C=O) groups excluding carboxylic acids is 2. The van der Waals surface area contributed by atoms with Crippen LogP contribution in [0.1, 0.15) is 28.8 Å². The normalized spacial score (nSPS) is 19.1. The molecule has 0 fully saturated rings. The Morgan fingerprint density at radius 3 is 2.63 bits per heavy atom. The quantitative estimate of drug-likeness (QED) is 0.473. The summed E-state index contributed by atoms with van der Waals surface area (Å²) < 4.78 is 9.94. The second-order valence-electron chi connectivity index (χ2n) is 4.67. The largest absolute Gasteiger partial charge is 0.349 e. The van der Waals surface area contributed by atoms with Gasteiger partial charge in [0.15, 0.2) is 11.6 Å². The summed E-state index contributed by atoms with van der Waals surface area (Å²) in [6.07, 6.45) is 1.24. The molecule has 0 saturated heterocycles. The third kappa shape index (κ3) is 2.74. The second-order valence-corrected chi connectivity index (χ2v) is 4.67. The van der Waals surface area contributed by atoms with Crippen LogP contribution in [0.3, 0.4) is 0 Å². The van der Waals surface area contributed by atoms with E-state index in [0.717, 1.165) is 18.4 Å². The summed E-state index contributed by atoms with van der Waals surface area (Å²) in [6, 6.07) is 7.48. The highest BCUT2D eigenvalue weighted by molar-refractivity contribution is 6.12. The number of carbonyl (C=O) groups is 2. The molecule has 1 aromatic rings. The van der Waals surface area contributed by atoms with Gasteiger partial charge in [-0.2, -0.15) is 0 Å². The zero-order chi connectivity index (χ0) is 13.8. The van der Waals surface area contributed by atoms with Gasteiger partial charge in [-0.25, -0.2) is 0 Å². The molecule has 0 aromatic heterocycles. The van der Waals surface area contributed by atoms with Crippen molar-refractivity contribution < 1.29 is 19.1 Å². The first-order valence-corrected chi connectivity index (χ1v) is 6.40. The van der Waals surface area contributed by atoms with Crippen LogP contribution in [0.4, 0.5) is 0 Å². The molecule has 0 heterocycles. The van der Waals surface area contributed by atoms with E-state index in [4.69, 9.17) is 9.47 Å². The van der Waals surface area contributed by atoms with Gasteiger partial charge in [-0.3, -0.25) is 9.59 Å². The molecule has 0 spiro atoms. The number of ketones is 2. The highest BCUT2D eigenvalue weighted by Gasteiger charge is 2.35. The highest BCUT2D eigenvalue weighted by Crippen LogP contribution is 2.26. The molecule has 0 N–H and O–H groups in total. The van der Waals surface area contributed by atoms with E-state index in [1.165, 1.54) is 14.2 Å². The topological polar surface area (TPSA) is 52.6 Å². The Morgan fingerprint density at radius 1 is 1.26 bits per heavy atom. The number of fused-ring (bicyclic) bond motifs is 1. The first-order chi connectivity index (χ1) is 9.19. The first-order valence-electron chi connectivity index (χ1n) is 6.40. The monoisotopic (exact) mass is 262 g/mol. The van der Waals surface area contributed by atoms with Crippen molar-refractivity contribution in [2.75, 3.05) is 14.2 Å². The Morgan fingerprint density at radius 2 is 1.95 bits per heavy atom. The predicted molar refractivity (Wildman–Crippen MR) is 70.0 cm³/mol. The van der Waals surface area contributed by atoms with E-state index in [2.05, 4.69) is 0 Å². The van der Waals surface area contributed by atoms with Gasteiger partial charge < -0.3 is 9.47 Å². The van der Waals surface area contributed by atoms with Gasteiger partial charge in [0.1, 0.15) is 0 Å². The molecule has 102 valence electrons. The number of hydrogen-bond donors (Lipinski definition) is 0. The minimum Gasteiger partial charge on any atom is -0.349 e. The molecule has 0 radical (unpaired) electrons. The van der Waals surface area contributed by atoms with Gasteiger partial charge in [0.25, 0.3) is 0 Å². The van der Waals surface area contributed by atoms with Crippen LogP contribution in [0.2, 0.25) is 0 Å². The van der Waals surface area contributed by atoms with Crippen LogP contribution in [0.15, 0.2) is 24.3 Å². The van der Waals surface area contributed by atoms with Crippen molar-refractivity contribution in [2.45, 2.75) is 25.6 Å². The number of ether oxygens (including phenoxy) is 2. The van der Waals surface area contributed by atoms with Crippen molar-refractivity contribution in [3.63, 3.8) is 0 Å². The lowest BCUT2D eigenvalue weighted by Crippen LogP contribution is -2.35. The number of Topliss-reactive ketones (excluding diaryl/α,β-unsaturated/α-hetero) is 2. The van der Waals surface area contributed by atoms with E-state index >= 15 is 0 Å². The fraction of sp³-hybridized carbons (Fsp3) is 0.467. The molecule has 2 rings (SSSR count). The molecule has 0 amide bonds.